The number of piperidine rings is 1. The van der Waals surface area contributed by atoms with Gasteiger partial charge >= 0.3 is 0 Å². The van der Waals surface area contributed by atoms with E-state index in [2.05, 4.69) is 14.1 Å². The lowest BCUT2D eigenvalue weighted by atomic mass is 9.98. The average molecular weight is 384 g/mol. The number of aliphatic hydroxyl groups excluding tert-OH is 1. The second kappa shape index (κ2) is 7.32. The maximum atomic E-state index is 13.0. The van der Waals surface area contributed by atoms with Gasteiger partial charge in [0.25, 0.3) is 0 Å². The molecule has 0 spiro atoms. The van der Waals surface area contributed by atoms with Crippen LogP contribution in [0.5, 0.6) is 0 Å². The van der Waals surface area contributed by atoms with Crippen LogP contribution in [0.25, 0.3) is 11.0 Å². The predicted octanol–water partition coefficient (Wildman–Crippen LogP) is 0.589. The van der Waals surface area contributed by atoms with Crippen molar-refractivity contribution in [2.45, 2.75) is 30.7 Å². The smallest absolute Gasteiger partial charge is 0.245 e. The van der Waals surface area contributed by atoms with Crippen LogP contribution in [0.4, 0.5) is 0 Å². The quantitative estimate of drug-likeness (QED) is 0.780. The van der Waals surface area contributed by atoms with Gasteiger partial charge in [-0.25, -0.2) is 8.42 Å². The van der Waals surface area contributed by atoms with Crippen LogP contribution in [0.3, 0.4) is 0 Å². The molecule has 1 fully saturated rings. The summed E-state index contributed by atoms with van der Waals surface area (Å²) in [5, 5.41) is 11.8. The number of fused-ring (bicyclic) bond motifs is 1. The van der Waals surface area contributed by atoms with E-state index in [0.717, 1.165) is 11.7 Å². The zero-order valence-corrected chi connectivity index (χ0v) is 15.4. The molecule has 25 heavy (non-hydrogen) atoms. The number of nitrogens with zero attached hydrogens (tertiary/aromatic N) is 3. The summed E-state index contributed by atoms with van der Waals surface area (Å²) in [4.78, 5) is 12.4. The summed E-state index contributed by atoms with van der Waals surface area (Å²) in [5.74, 6) is -0.653. The van der Waals surface area contributed by atoms with E-state index in [-0.39, 0.29) is 30.0 Å². The normalized spacial score (nSPS) is 20.5. The zero-order chi connectivity index (χ0) is 18.0. The molecule has 8 nitrogen and oxygen atoms in total. The number of carbonyl (C=O) groups excluding carboxylic acids is 1. The summed E-state index contributed by atoms with van der Waals surface area (Å²) in [6.07, 6.45) is 1.23. The van der Waals surface area contributed by atoms with Crippen molar-refractivity contribution in [3.8, 4) is 0 Å². The number of rotatable bonds is 5. The van der Waals surface area contributed by atoms with Crippen LogP contribution < -0.4 is 5.32 Å². The van der Waals surface area contributed by atoms with Crippen molar-refractivity contribution in [2.24, 2.45) is 5.92 Å². The Morgan fingerprint density at radius 3 is 3.04 bits per heavy atom. The van der Waals surface area contributed by atoms with Gasteiger partial charge in [-0.3, -0.25) is 4.79 Å². The third kappa shape index (κ3) is 3.66. The lowest BCUT2D eigenvalue weighted by molar-refractivity contribution is -0.127. The minimum atomic E-state index is -3.75. The number of sulfonamides is 1. The van der Waals surface area contributed by atoms with E-state index in [0.29, 0.717) is 30.4 Å². The highest BCUT2D eigenvalue weighted by Crippen LogP contribution is 2.28. The molecular formula is C15H20N4O4S2. The monoisotopic (exact) mass is 384 g/mol. The molecule has 0 radical (unpaired) electrons. The molecule has 1 saturated heterocycles. The van der Waals surface area contributed by atoms with Crippen molar-refractivity contribution in [3.63, 3.8) is 0 Å². The Morgan fingerprint density at radius 2 is 2.28 bits per heavy atom. The molecule has 3 rings (SSSR count). The molecule has 1 amide bonds. The molecule has 0 unspecified atom stereocenters. The van der Waals surface area contributed by atoms with Gasteiger partial charge in [0, 0.05) is 19.1 Å². The van der Waals surface area contributed by atoms with E-state index >= 15 is 0 Å². The molecule has 2 aromatic rings. The number of hydrogen-bond donors (Lipinski definition) is 2. The molecular weight excluding hydrogens is 364 g/mol. The molecule has 2 N–H and O–H groups in total. The highest BCUT2D eigenvalue weighted by molar-refractivity contribution is 7.89. The van der Waals surface area contributed by atoms with Crippen LogP contribution >= 0.6 is 11.7 Å². The molecule has 1 aliphatic rings. The Hall–Kier alpha value is -1.62. The van der Waals surface area contributed by atoms with Gasteiger partial charge in [0.05, 0.1) is 24.3 Å². The number of benzene rings is 1. The summed E-state index contributed by atoms with van der Waals surface area (Å²) >= 11 is 0.974. The molecule has 0 saturated carbocycles. The second-order valence-corrected chi connectivity index (χ2v) is 8.62. The van der Waals surface area contributed by atoms with Crippen molar-refractivity contribution >= 4 is 38.7 Å². The lowest BCUT2D eigenvalue weighted by Gasteiger charge is -2.31. The molecule has 1 aliphatic heterocycles. The minimum Gasteiger partial charge on any atom is -0.394 e. The second-order valence-electron chi connectivity index (χ2n) is 6.18. The van der Waals surface area contributed by atoms with Gasteiger partial charge in [0.2, 0.25) is 15.9 Å². The number of nitrogens with one attached hydrogen (secondary N) is 1. The molecule has 10 heteroatoms. The first-order valence-corrected chi connectivity index (χ1v) is 10.2. The standard InChI is InChI=1S/C15H20N4O4S2/c1-10(9-20)16-15(21)11-4-3-7-19(8-11)25(22,23)13-6-2-5-12-14(13)18-24-17-12/h2,5-6,10-11,20H,3-4,7-9H2,1H3,(H,16,21)/t10-,11-/m0/s1. The van der Waals surface area contributed by atoms with Gasteiger partial charge in [0.1, 0.15) is 15.9 Å². The van der Waals surface area contributed by atoms with Crippen LogP contribution in [0.1, 0.15) is 19.8 Å². The number of amides is 1. The first kappa shape index (κ1) is 18.2. The fourth-order valence-electron chi connectivity index (χ4n) is 2.91. The molecule has 2 heterocycles. The van der Waals surface area contributed by atoms with E-state index in [1.165, 1.54) is 10.4 Å². The van der Waals surface area contributed by atoms with Crippen LogP contribution in [0.2, 0.25) is 0 Å². The van der Waals surface area contributed by atoms with Gasteiger partial charge in [-0.15, -0.1) is 0 Å². The third-order valence-electron chi connectivity index (χ3n) is 4.28. The highest BCUT2D eigenvalue weighted by atomic mass is 32.2. The van der Waals surface area contributed by atoms with Crippen molar-refractivity contribution in [3.05, 3.63) is 18.2 Å². The van der Waals surface area contributed by atoms with Crippen LogP contribution in [0.15, 0.2) is 23.1 Å². The number of hydrogen-bond acceptors (Lipinski definition) is 7. The molecule has 0 bridgehead atoms. The van der Waals surface area contributed by atoms with E-state index in [9.17, 15) is 13.2 Å². The maximum absolute atomic E-state index is 13.0. The van der Waals surface area contributed by atoms with Gasteiger partial charge in [-0.1, -0.05) is 6.07 Å². The van der Waals surface area contributed by atoms with E-state index < -0.39 is 15.9 Å². The fourth-order valence-corrected chi connectivity index (χ4v) is 5.19. The molecule has 136 valence electrons. The number of aliphatic hydroxyl groups is 1. The fraction of sp³-hybridized carbons (Fsp3) is 0.533. The van der Waals surface area contributed by atoms with Crippen molar-refractivity contribution < 1.29 is 18.3 Å². The molecule has 2 atom stereocenters. The van der Waals surface area contributed by atoms with E-state index in [4.69, 9.17) is 5.11 Å². The zero-order valence-electron chi connectivity index (χ0n) is 13.8. The predicted molar refractivity (Wildman–Crippen MR) is 93.6 cm³/mol. The molecule has 1 aromatic heterocycles. The van der Waals surface area contributed by atoms with Gasteiger partial charge in [-0.05, 0) is 31.9 Å². The van der Waals surface area contributed by atoms with Crippen LogP contribution in [-0.4, -0.2) is 58.2 Å². The summed E-state index contributed by atoms with van der Waals surface area (Å²) < 4.78 is 35.6. The first-order valence-electron chi connectivity index (χ1n) is 8.06. The molecule has 1 aromatic carbocycles. The molecule has 0 aliphatic carbocycles. The first-order chi connectivity index (χ1) is 11.9. The number of carbonyl (C=O) groups is 1. The van der Waals surface area contributed by atoms with Crippen molar-refractivity contribution in [1.82, 2.24) is 18.4 Å². The Bertz CT molecular complexity index is 867. The largest absolute Gasteiger partial charge is 0.394 e. The lowest BCUT2D eigenvalue weighted by Crippen LogP contribution is -2.47. The minimum absolute atomic E-state index is 0.125. The van der Waals surface area contributed by atoms with Crippen LogP contribution in [0, 0.1) is 5.92 Å². The third-order valence-corrected chi connectivity index (χ3v) is 6.72. The Balaban J connectivity index is 1.83. The Morgan fingerprint density at radius 1 is 1.48 bits per heavy atom. The highest BCUT2D eigenvalue weighted by Gasteiger charge is 2.34. The SMILES string of the molecule is C[C@@H](CO)NC(=O)[C@H]1CCCN(S(=O)(=O)c2cccc3nsnc23)C1. The topological polar surface area (TPSA) is 112 Å². The summed E-state index contributed by atoms with van der Waals surface area (Å²) in [6, 6.07) is 4.54. The van der Waals surface area contributed by atoms with Gasteiger partial charge in [-0.2, -0.15) is 13.1 Å². The summed E-state index contributed by atoms with van der Waals surface area (Å²) in [5.41, 5.74) is 0.919. The van der Waals surface area contributed by atoms with Gasteiger partial charge in [0.15, 0.2) is 0 Å². The average Bonchev–Trinajstić information content (AvgIpc) is 3.10. The Kier molecular flexibility index (Phi) is 5.32. The van der Waals surface area contributed by atoms with E-state index in [1.54, 1.807) is 19.1 Å². The maximum Gasteiger partial charge on any atom is 0.245 e. The van der Waals surface area contributed by atoms with Crippen molar-refractivity contribution in [1.29, 1.82) is 0 Å². The van der Waals surface area contributed by atoms with Gasteiger partial charge < -0.3 is 10.4 Å². The number of aromatic nitrogens is 2. The van der Waals surface area contributed by atoms with Crippen molar-refractivity contribution in [2.75, 3.05) is 19.7 Å². The Labute approximate surface area is 150 Å². The summed E-state index contributed by atoms with van der Waals surface area (Å²) in [6.45, 7) is 2.04. The van der Waals surface area contributed by atoms with E-state index in [1.807, 2.05) is 0 Å². The van der Waals surface area contributed by atoms with Crippen LogP contribution in [-0.2, 0) is 14.8 Å². The summed E-state index contributed by atoms with van der Waals surface area (Å²) in [7, 11) is -3.75.